The van der Waals surface area contributed by atoms with Crippen LogP contribution in [0.1, 0.15) is 43.7 Å². The quantitative estimate of drug-likeness (QED) is 0.646. The molecule has 1 aliphatic carbocycles. The van der Waals surface area contributed by atoms with E-state index in [1.165, 1.54) is 0 Å². The van der Waals surface area contributed by atoms with Gasteiger partial charge in [0, 0.05) is 19.7 Å². The second kappa shape index (κ2) is 8.15. The molecule has 122 valence electrons. The van der Waals surface area contributed by atoms with Gasteiger partial charge in [-0.2, -0.15) is 0 Å². The van der Waals surface area contributed by atoms with Gasteiger partial charge in [-0.3, -0.25) is 0 Å². The average molecular weight is 306 g/mol. The van der Waals surface area contributed by atoms with Crippen LogP contribution in [0.2, 0.25) is 0 Å². The number of carbonyl (C=O) groups excluding carboxylic acids is 1. The Labute approximate surface area is 132 Å². The summed E-state index contributed by atoms with van der Waals surface area (Å²) in [5.74, 6) is 0. The third-order valence-electron chi connectivity index (χ3n) is 4.03. The Morgan fingerprint density at radius 2 is 2.00 bits per heavy atom. The van der Waals surface area contributed by atoms with Crippen LogP contribution in [0.4, 0.5) is 4.79 Å². The molecular weight excluding hydrogens is 280 g/mol. The molecule has 5 heteroatoms. The van der Waals surface area contributed by atoms with Crippen molar-refractivity contribution < 1.29 is 14.6 Å². The number of carbonyl (C=O) groups is 1. The summed E-state index contributed by atoms with van der Waals surface area (Å²) in [6.45, 7) is 4.15. The Bertz CT molecular complexity index is 487. The van der Waals surface area contributed by atoms with Gasteiger partial charge in [0.2, 0.25) is 0 Å². The van der Waals surface area contributed by atoms with E-state index in [9.17, 15) is 9.90 Å². The molecular formula is C17H26N2O3. The Kier molecular flexibility index (Phi) is 6.21. The lowest BCUT2D eigenvalue weighted by molar-refractivity contribution is -0.0290. The summed E-state index contributed by atoms with van der Waals surface area (Å²) in [7, 11) is 0. The monoisotopic (exact) mass is 306 g/mol. The highest BCUT2D eigenvalue weighted by Gasteiger charge is 2.34. The summed E-state index contributed by atoms with van der Waals surface area (Å²) in [5, 5.41) is 15.5. The number of ether oxygens (including phenoxy) is 1. The number of hydrogen-bond donors (Lipinski definition) is 3. The molecule has 0 bridgehead atoms. The highest BCUT2D eigenvalue weighted by atomic mass is 16.5. The van der Waals surface area contributed by atoms with Crippen LogP contribution < -0.4 is 10.6 Å². The molecule has 0 radical (unpaired) electrons. The molecule has 2 rings (SSSR count). The number of amides is 2. The van der Waals surface area contributed by atoms with Gasteiger partial charge in [-0.25, -0.2) is 4.79 Å². The smallest absolute Gasteiger partial charge is 0.315 e. The summed E-state index contributed by atoms with van der Waals surface area (Å²) < 4.78 is 5.57. The molecule has 1 fully saturated rings. The molecule has 22 heavy (non-hydrogen) atoms. The zero-order chi connectivity index (χ0) is 15.8. The Hall–Kier alpha value is -1.59. The van der Waals surface area contributed by atoms with Crippen LogP contribution in [0.25, 0.3) is 0 Å². The van der Waals surface area contributed by atoms with Crippen LogP contribution in [0, 0.1) is 0 Å². The SMILES string of the molecule is CCCOCc1ccccc1CNC(=O)NCC1(O)CCC1. The molecule has 1 aromatic carbocycles. The van der Waals surface area contributed by atoms with Crippen molar-refractivity contribution in [1.82, 2.24) is 10.6 Å². The molecule has 2 amide bonds. The van der Waals surface area contributed by atoms with Crippen LogP contribution in [-0.4, -0.2) is 29.9 Å². The summed E-state index contributed by atoms with van der Waals surface area (Å²) in [6, 6.07) is 7.69. The van der Waals surface area contributed by atoms with Crippen LogP contribution in [0.5, 0.6) is 0 Å². The van der Waals surface area contributed by atoms with Gasteiger partial charge in [-0.05, 0) is 36.8 Å². The van der Waals surface area contributed by atoms with Crippen molar-refractivity contribution >= 4 is 6.03 Å². The second-order valence-electron chi connectivity index (χ2n) is 5.94. The van der Waals surface area contributed by atoms with E-state index in [0.29, 0.717) is 19.7 Å². The topological polar surface area (TPSA) is 70.6 Å². The van der Waals surface area contributed by atoms with Gasteiger partial charge in [-0.1, -0.05) is 31.2 Å². The lowest BCUT2D eigenvalue weighted by atomic mass is 9.80. The standard InChI is InChI=1S/C17H26N2O3/c1-2-10-22-12-15-7-4-3-6-14(15)11-18-16(20)19-13-17(21)8-5-9-17/h3-4,6-7,21H,2,5,8-13H2,1H3,(H2,18,19,20). The van der Waals surface area contributed by atoms with E-state index in [2.05, 4.69) is 17.6 Å². The van der Waals surface area contributed by atoms with Crippen molar-refractivity contribution in [3.8, 4) is 0 Å². The number of rotatable bonds is 8. The molecule has 0 aromatic heterocycles. The van der Waals surface area contributed by atoms with Gasteiger partial charge in [0.1, 0.15) is 0 Å². The molecule has 5 nitrogen and oxygen atoms in total. The van der Waals surface area contributed by atoms with E-state index in [1.807, 2.05) is 24.3 Å². The van der Waals surface area contributed by atoms with Gasteiger partial charge in [-0.15, -0.1) is 0 Å². The minimum absolute atomic E-state index is 0.246. The van der Waals surface area contributed by atoms with Crippen molar-refractivity contribution in [2.24, 2.45) is 0 Å². The van der Waals surface area contributed by atoms with E-state index in [4.69, 9.17) is 4.74 Å². The fourth-order valence-corrected chi connectivity index (χ4v) is 2.44. The predicted octanol–water partition coefficient (Wildman–Crippen LogP) is 2.33. The van der Waals surface area contributed by atoms with E-state index in [0.717, 1.165) is 43.4 Å². The van der Waals surface area contributed by atoms with E-state index in [1.54, 1.807) is 0 Å². The Balaban J connectivity index is 1.76. The number of hydrogen-bond acceptors (Lipinski definition) is 3. The van der Waals surface area contributed by atoms with Crippen molar-refractivity contribution in [2.75, 3.05) is 13.2 Å². The Morgan fingerprint density at radius 3 is 2.64 bits per heavy atom. The molecule has 0 unspecified atom stereocenters. The lowest BCUT2D eigenvalue weighted by Gasteiger charge is -2.36. The van der Waals surface area contributed by atoms with E-state index >= 15 is 0 Å². The molecule has 1 saturated carbocycles. The molecule has 0 atom stereocenters. The summed E-state index contributed by atoms with van der Waals surface area (Å²) >= 11 is 0. The van der Waals surface area contributed by atoms with Gasteiger partial charge >= 0.3 is 6.03 Å². The van der Waals surface area contributed by atoms with Crippen molar-refractivity contribution in [1.29, 1.82) is 0 Å². The van der Waals surface area contributed by atoms with Gasteiger partial charge in [0.25, 0.3) is 0 Å². The molecule has 0 saturated heterocycles. The summed E-state index contributed by atoms with van der Waals surface area (Å²) in [6.07, 6.45) is 3.56. The maximum Gasteiger partial charge on any atom is 0.315 e. The molecule has 0 heterocycles. The van der Waals surface area contributed by atoms with Crippen LogP contribution in [-0.2, 0) is 17.9 Å². The highest BCUT2D eigenvalue weighted by Crippen LogP contribution is 2.30. The summed E-state index contributed by atoms with van der Waals surface area (Å²) in [4.78, 5) is 11.8. The average Bonchev–Trinajstić information content (AvgIpc) is 2.50. The van der Waals surface area contributed by atoms with Gasteiger partial charge < -0.3 is 20.5 Å². The van der Waals surface area contributed by atoms with Crippen LogP contribution >= 0.6 is 0 Å². The fraction of sp³-hybridized carbons (Fsp3) is 0.588. The fourth-order valence-electron chi connectivity index (χ4n) is 2.44. The maximum absolute atomic E-state index is 11.8. The zero-order valence-corrected chi connectivity index (χ0v) is 13.2. The first kappa shape index (κ1) is 16.8. The minimum atomic E-state index is -0.691. The van der Waals surface area contributed by atoms with Gasteiger partial charge in [0.15, 0.2) is 0 Å². The number of nitrogens with one attached hydrogen (secondary N) is 2. The zero-order valence-electron chi connectivity index (χ0n) is 13.2. The van der Waals surface area contributed by atoms with Crippen LogP contribution in [0.3, 0.4) is 0 Å². The Morgan fingerprint density at radius 1 is 1.27 bits per heavy atom. The second-order valence-corrected chi connectivity index (χ2v) is 5.94. The highest BCUT2D eigenvalue weighted by molar-refractivity contribution is 5.74. The van der Waals surface area contributed by atoms with E-state index in [-0.39, 0.29) is 6.03 Å². The first-order valence-corrected chi connectivity index (χ1v) is 8.01. The molecule has 0 spiro atoms. The molecule has 3 N–H and O–H groups in total. The van der Waals surface area contributed by atoms with Crippen molar-refractivity contribution in [2.45, 2.75) is 51.4 Å². The van der Waals surface area contributed by atoms with E-state index < -0.39 is 5.60 Å². The number of benzene rings is 1. The largest absolute Gasteiger partial charge is 0.388 e. The van der Waals surface area contributed by atoms with Gasteiger partial charge in [0.05, 0.1) is 12.2 Å². The molecule has 0 aliphatic heterocycles. The van der Waals surface area contributed by atoms with Crippen LogP contribution in [0.15, 0.2) is 24.3 Å². The first-order chi connectivity index (χ1) is 10.6. The molecule has 1 aliphatic rings. The third-order valence-corrected chi connectivity index (χ3v) is 4.03. The predicted molar refractivity (Wildman–Crippen MR) is 85.4 cm³/mol. The van der Waals surface area contributed by atoms with Crippen molar-refractivity contribution in [3.63, 3.8) is 0 Å². The number of aliphatic hydroxyl groups is 1. The van der Waals surface area contributed by atoms with Crippen molar-refractivity contribution in [3.05, 3.63) is 35.4 Å². The third kappa shape index (κ3) is 5.00. The lowest BCUT2D eigenvalue weighted by Crippen LogP contribution is -2.50. The normalized spacial score (nSPS) is 15.9. The minimum Gasteiger partial charge on any atom is -0.388 e. The maximum atomic E-state index is 11.8. The number of urea groups is 1. The molecule has 1 aromatic rings. The summed E-state index contributed by atoms with van der Waals surface area (Å²) in [5.41, 5.74) is 1.45. The first-order valence-electron chi connectivity index (χ1n) is 8.01.